The topological polar surface area (TPSA) is 37.8 Å². The Balaban J connectivity index is 2.77. The third kappa shape index (κ3) is 3.34. The largest absolute Gasteiger partial charge is 0.366 e. The SMILES string of the molecule is C=CCNc1cc(CCC)nc(Cl)n1. The van der Waals surface area contributed by atoms with Crippen molar-refractivity contribution in [3.63, 3.8) is 0 Å². The lowest BCUT2D eigenvalue weighted by atomic mass is 10.2. The minimum Gasteiger partial charge on any atom is -0.366 e. The standard InChI is InChI=1S/C10H14ClN3/c1-3-5-8-7-9(12-6-4-2)14-10(11)13-8/h4,7H,2-3,5-6H2,1H3,(H,12,13,14). The molecule has 0 atom stereocenters. The van der Waals surface area contributed by atoms with Crippen molar-refractivity contribution in [2.24, 2.45) is 0 Å². The van der Waals surface area contributed by atoms with E-state index in [2.05, 4.69) is 28.8 Å². The number of aromatic nitrogens is 2. The molecule has 0 aromatic carbocycles. The van der Waals surface area contributed by atoms with Crippen molar-refractivity contribution in [3.05, 3.63) is 29.7 Å². The molecular formula is C10H14ClN3. The summed E-state index contributed by atoms with van der Waals surface area (Å²) >= 11 is 5.78. The summed E-state index contributed by atoms with van der Waals surface area (Å²) in [4.78, 5) is 8.17. The van der Waals surface area contributed by atoms with Crippen molar-refractivity contribution < 1.29 is 0 Å². The number of nitrogens with one attached hydrogen (secondary N) is 1. The molecule has 0 bridgehead atoms. The van der Waals surface area contributed by atoms with Crippen LogP contribution in [0.25, 0.3) is 0 Å². The van der Waals surface area contributed by atoms with E-state index in [1.807, 2.05) is 6.07 Å². The molecule has 1 rings (SSSR count). The van der Waals surface area contributed by atoms with Gasteiger partial charge in [0.15, 0.2) is 0 Å². The predicted molar refractivity (Wildman–Crippen MR) is 59.7 cm³/mol. The molecule has 0 saturated heterocycles. The maximum atomic E-state index is 5.78. The first-order valence-corrected chi connectivity index (χ1v) is 5.02. The molecule has 14 heavy (non-hydrogen) atoms. The summed E-state index contributed by atoms with van der Waals surface area (Å²) in [7, 11) is 0. The van der Waals surface area contributed by atoms with E-state index in [1.165, 1.54) is 0 Å². The molecule has 0 fully saturated rings. The number of hydrogen-bond donors (Lipinski definition) is 1. The van der Waals surface area contributed by atoms with E-state index >= 15 is 0 Å². The van der Waals surface area contributed by atoms with Gasteiger partial charge in [0.25, 0.3) is 0 Å². The zero-order valence-corrected chi connectivity index (χ0v) is 9.01. The summed E-state index contributed by atoms with van der Waals surface area (Å²) in [5, 5.41) is 3.37. The number of nitrogens with zero attached hydrogens (tertiary/aromatic N) is 2. The third-order valence-electron chi connectivity index (χ3n) is 1.69. The van der Waals surface area contributed by atoms with Gasteiger partial charge < -0.3 is 5.32 Å². The van der Waals surface area contributed by atoms with Gasteiger partial charge in [0, 0.05) is 18.3 Å². The van der Waals surface area contributed by atoms with Crippen LogP contribution >= 0.6 is 11.6 Å². The zero-order valence-electron chi connectivity index (χ0n) is 8.26. The van der Waals surface area contributed by atoms with Gasteiger partial charge in [-0.15, -0.1) is 6.58 Å². The molecule has 1 aromatic heterocycles. The monoisotopic (exact) mass is 211 g/mol. The van der Waals surface area contributed by atoms with E-state index in [4.69, 9.17) is 11.6 Å². The summed E-state index contributed by atoms with van der Waals surface area (Å²) in [6.45, 7) is 6.40. The number of aryl methyl sites for hydroxylation is 1. The lowest BCUT2D eigenvalue weighted by Crippen LogP contribution is -2.03. The minimum atomic E-state index is 0.294. The quantitative estimate of drug-likeness (QED) is 0.601. The molecule has 3 nitrogen and oxygen atoms in total. The maximum absolute atomic E-state index is 5.78. The van der Waals surface area contributed by atoms with Gasteiger partial charge in [-0.3, -0.25) is 0 Å². The second-order valence-corrected chi connectivity index (χ2v) is 3.27. The molecule has 1 N–H and O–H groups in total. The highest BCUT2D eigenvalue weighted by Gasteiger charge is 2.00. The zero-order chi connectivity index (χ0) is 10.4. The van der Waals surface area contributed by atoms with Crippen LogP contribution in [0.5, 0.6) is 0 Å². The van der Waals surface area contributed by atoms with Gasteiger partial charge >= 0.3 is 0 Å². The lowest BCUT2D eigenvalue weighted by molar-refractivity contribution is 0.873. The van der Waals surface area contributed by atoms with Crippen LogP contribution in [0.4, 0.5) is 5.82 Å². The van der Waals surface area contributed by atoms with Crippen molar-refractivity contribution in [2.75, 3.05) is 11.9 Å². The van der Waals surface area contributed by atoms with Gasteiger partial charge in [-0.05, 0) is 18.0 Å². The Morgan fingerprint density at radius 2 is 2.36 bits per heavy atom. The first-order valence-electron chi connectivity index (χ1n) is 4.64. The lowest BCUT2D eigenvalue weighted by Gasteiger charge is -2.04. The van der Waals surface area contributed by atoms with Crippen LogP contribution in [0.3, 0.4) is 0 Å². The Morgan fingerprint density at radius 3 is 3.00 bits per heavy atom. The highest BCUT2D eigenvalue weighted by Crippen LogP contribution is 2.11. The number of rotatable bonds is 5. The minimum absolute atomic E-state index is 0.294. The van der Waals surface area contributed by atoms with Crippen molar-refractivity contribution in [2.45, 2.75) is 19.8 Å². The Morgan fingerprint density at radius 1 is 1.57 bits per heavy atom. The Labute approximate surface area is 89.2 Å². The molecule has 0 aliphatic carbocycles. The Kier molecular flexibility index (Phi) is 4.40. The summed E-state index contributed by atoms with van der Waals surface area (Å²) in [5.41, 5.74) is 0.971. The molecule has 1 heterocycles. The highest BCUT2D eigenvalue weighted by molar-refractivity contribution is 6.28. The van der Waals surface area contributed by atoms with Gasteiger partial charge in [-0.1, -0.05) is 19.4 Å². The van der Waals surface area contributed by atoms with E-state index < -0.39 is 0 Å². The second-order valence-electron chi connectivity index (χ2n) is 2.93. The summed E-state index contributed by atoms with van der Waals surface area (Å²) in [6.07, 6.45) is 3.74. The molecule has 0 saturated carbocycles. The molecule has 0 amide bonds. The van der Waals surface area contributed by atoms with Gasteiger partial charge in [0.2, 0.25) is 5.28 Å². The fraction of sp³-hybridized carbons (Fsp3) is 0.400. The van der Waals surface area contributed by atoms with E-state index in [0.29, 0.717) is 11.8 Å². The molecule has 0 unspecified atom stereocenters. The van der Waals surface area contributed by atoms with Gasteiger partial charge in [-0.25, -0.2) is 9.97 Å². The molecule has 1 aromatic rings. The molecule has 4 heteroatoms. The third-order valence-corrected chi connectivity index (χ3v) is 1.85. The maximum Gasteiger partial charge on any atom is 0.224 e. The molecule has 0 aliphatic heterocycles. The number of anilines is 1. The van der Waals surface area contributed by atoms with Crippen molar-refractivity contribution in [3.8, 4) is 0 Å². The van der Waals surface area contributed by atoms with Crippen molar-refractivity contribution in [1.29, 1.82) is 0 Å². The Bertz CT molecular complexity index is 312. The Hall–Kier alpha value is -1.09. The molecule has 0 spiro atoms. The van der Waals surface area contributed by atoms with Gasteiger partial charge in [0.05, 0.1) is 0 Å². The highest BCUT2D eigenvalue weighted by atomic mass is 35.5. The average molecular weight is 212 g/mol. The fourth-order valence-corrected chi connectivity index (χ4v) is 1.32. The first kappa shape index (κ1) is 11.0. The number of hydrogen-bond acceptors (Lipinski definition) is 3. The van der Waals surface area contributed by atoms with E-state index in [0.717, 1.165) is 24.4 Å². The van der Waals surface area contributed by atoms with Crippen molar-refractivity contribution >= 4 is 17.4 Å². The predicted octanol–water partition coefficient (Wildman–Crippen LogP) is 2.68. The van der Waals surface area contributed by atoms with Crippen LogP contribution in [-0.2, 0) is 6.42 Å². The van der Waals surface area contributed by atoms with Crippen LogP contribution in [0, 0.1) is 0 Å². The van der Waals surface area contributed by atoms with Crippen molar-refractivity contribution in [1.82, 2.24) is 9.97 Å². The molecule has 0 radical (unpaired) electrons. The smallest absolute Gasteiger partial charge is 0.224 e. The molecular weight excluding hydrogens is 198 g/mol. The van der Waals surface area contributed by atoms with E-state index in [9.17, 15) is 0 Å². The first-order chi connectivity index (χ1) is 6.76. The van der Waals surface area contributed by atoms with Crippen LogP contribution in [0.2, 0.25) is 5.28 Å². The molecule has 76 valence electrons. The van der Waals surface area contributed by atoms with Crippen LogP contribution in [-0.4, -0.2) is 16.5 Å². The summed E-state index contributed by atoms with van der Waals surface area (Å²) in [6, 6.07) is 1.92. The van der Waals surface area contributed by atoms with E-state index in [1.54, 1.807) is 6.08 Å². The van der Waals surface area contributed by atoms with Crippen LogP contribution in [0.15, 0.2) is 18.7 Å². The molecule has 0 aliphatic rings. The number of halogens is 1. The van der Waals surface area contributed by atoms with Crippen LogP contribution in [0.1, 0.15) is 19.0 Å². The normalized spacial score (nSPS) is 9.86. The van der Waals surface area contributed by atoms with Gasteiger partial charge in [0.1, 0.15) is 5.82 Å². The van der Waals surface area contributed by atoms with Crippen LogP contribution < -0.4 is 5.32 Å². The van der Waals surface area contributed by atoms with Gasteiger partial charge in [-0.2, -0.15) is 0 Å². The fourth-order valence-electron chi connectivity index (χ4n) is 1.12. The average Bonchev–Trinajstić information content (AvgIpc) is 2.14. The van der Waals surface area contributed by atoms with E-state index in [-0.39, 0.29) is 0 Å². The summed E-state index contributed by atoms with van der Waals surface area (Å²) < 4.78 is 0. The summed E-state index contributed by atoms with van der Waals surface area (Å²) in [5.74, 6) is 0.758. The second kappa shape index (κ2) is 5.60.